The van der Waals surface area contributed by atoms with Crippen LogP contribution in [-0.4, -0.2) is 6.51 Å². The van der Waals surface area contributed by atoms with Gasteiger partial charge in [-0.25, -0.2) is 0 Å². The van der Waals surface area contributed by atoms with E-state index in [1.807, 2.05) is 0 Å². The average molecular weight is 1250 g/mol. The quantitative estimate of drug-likeness (QED) is 0.154. The Bertz CT molecular complexity index is 2450. The van der Waals surface area contributed by atoms with Crippen molar-refractivity contribution in [1.29, 1.82) is 0 Å². The molecule has 0 bridgehead atoms. The van der Waals surface area contributed by atoms with Crippen molar-refractivity contribution in [2.24, 2.45) is 23.7 Å². The van der Waals surface area contributed by atoms with Crippen molar-refractivity contribution >= 4 is 31.3 Å². The monoisotopic (exact) mass is 1250 g/mol. The number of halogens is 2. The molecule has 4 aliphatic rings. The van der Waals surface area contributed by atoms with Crippen LogP contribution in [0.25, 0.3) is 0 Å². The third-order valence-electron chi connectivity index (χ3n) is 16.4. The van der Waals surface area contributed by atoms with E-state index >= 15 is 0 Å². The van der Waals surface area contributed by atoms with E-state index in [0.717, 1.165) is 0 Å². The molecule has 0 saturated carbocycles. The predicted octanol–water partition coefficient (Wildman–Crippen LogP) is 17.6. The summed E-state index contributed by atoms with van der Waals surface area (Å²) >= 11 is -5.50. The van der Waals surface area contributed by atoms with Gasteiger partial charge in [-0.3, -0.25) is 0 Å². The average Bonchev–Trinajstić information content (AvgIpc) is 3.80. The largest absolute Gasteiger partial charge is 0.147 e. The third kappa shape index (κ3) is 9.84. The first-order valence-electron chi connectivity index (χ1n) is 23.8. The second-order valence-electron chi connectivity index (χ2n) is 19.2. The standard InChI is InChI=1S/2C13H10.4C9H13.2ClH.2Hf/c2*1-3-7-12(8-4-1)11-13-9-5-2-6-10-13;4*1-6-5-7(2)9(4)8(6)3;;;;/h2*1-10H;4*6H,1-4H3;2*1H;;. The van der Waals surface area contributed by atoms with Crippen LogP contribution in [0.1, 0.15) is 133 Å². The molecule has 8 rings (SSSR count). The number of benzene rings is 4. The maximum absolute atomic E-state index is 2.75. The Morgan fingerprint density at radius 2 is 0.439 bits per heavy atom. The van der Waals surface area contributed by atoms with E-state index in [2.05, 4.69) is 232 Å². The Morgan fingerprint density at radius 3 is 0.576 bits per heavy atom. The van der Waals surface area contributed by atoms with E-state index in [1.165, 1.54) is 44.5 Å². The van der Waals surface area contributed by atoms with Crippen LogP contribution in [0.15, 0.2) is 202 Å². The van der Waals surface area contributed by atoms with Crippen LogP contribution in [0.4, 0.5) is 0 Å². The molecule has 0 saturated heterocycles. The summed E-state index contributed by atoms with van der Waals surface area (Å²) in [6.07, 6.45) is 0. The van der Waals surface area contributed by atoms with Crippen molar-refractivity contribution in [3.05, 3.63) is 224 Å². The second-order valence-corrected chi connectivity index (χ2v) is 36.0. The molecular weight excluding hydrogens is 1170 g/mol. The summed E-state index contributed by atoms with van der Waals surface area (Å²) in [6, 6.07) is 45.0. The fraction of sp³-hybridized carbons (Fsp3) is 0.323. The molecule has 0 heterocycles. The van der Waals surface area contributed by atoms with E-state index in [-0.39, 0.29) is 24.8 Å². The predicted molar refractivity (Wildman–Crippen MR) is 288 cm³/mol. The minimum atomic E-state index is -2.75. The molecule has 0 amide bonds. The smallest absolute Gasteiger partial charge is 0.147 e. The van der Waals surface area contributed by atoms with Gasteiger partial charge in [0, 0.05) is 0 Å². The minimum absolute atomic E-state index is 0. The molecule has 4 aliphatic carbocycles. The van der Waals surface area contributed by atoms with Crippen LogP contribution >= 0.6 is 24.8 Å². The molecule has 0 radical (unpaired) electrons. The molecule has 4 aromatic carbocycles. The summed E-state index contributed by atoms with van der Waals surface area (Å²) in [7, 11) is 0. The van der Waals surface area contributed by atoms with Gasteiger partial charge in [-0.05, 0) is 0 Å². The Labute approximate surface area is 427 Å². The van der Waals surface area contributed by atoms with Gasteiger partial charge in [0.2, 0.25) is 0 Å². The van der Waals surface area contributed by atoms with Gasteiger partial charge in [0.25, 0.3) is 0 Å². The normalized spacial score (nSPS) is 20.6. The van der Waals surface area contributed by atoms with E-state index in [1.54, 1.807) is 64.4 Å². The second kappa shape index (κ2) is 22.5. The molecule has 4 heteroatoms. The molecule has 0 aromatic heterocycles. The summed E-state index contributed by atoms with van der Waals surface area (Å²) in [5, 5.41) is 0. The fourth-order valence-electron chi connectivity index (χ4n) is 11.2. The molecule has 66 heavy (non-hydrogen) atoms. The molecule has 0 N–H and O–H groups in total. The van der Waals surface area contributed by atoms with Gasteiger partial charge in [-0.15, -0.1) is 24.8 Å². The molecule has 0 spiro atoms. The maximum atomic E-state index is 2.46. The maximum Gasteiger partial charge on any atom is -0.147 e. The van der Waals surface area contributed by atoms with E-state index in [4.69, 9.17) is 0 Å². The first kappa shape index (κ1) is 53.8. The first-order valence-corrected chi connectivity index (χ1v) is 34.5. The van der Waals surface area contributed by atoms with Crippen LogP contribution in [0.3, 0.4) is 0 Å². The van der Waals surface area contributed by atoms with E-state index < -0.39 is 41.9 Å². The minimum Gasteiger partial charge on any atom is -0.147 e. The summed E-state index contributed by atoms with van der Waals surface area (Å²) < 4.78 is 10.5. The van der Waals surface area contributed by atoms with Gasteiger partial charge in [0.1, 0.15) is 0 Å². The number of allylic oxidation sites excluding steroid dienone is 16. The number of hydrogen-bond acceptors (Lipinski definition) is 0. The fourth-order valence-corrected chi connectivity index (χ4v) is 41.1. The van der Waals surface area contributed by atoms with E-state index in [0.29, 0.717) is 23.7 Å². The van der Waals surface area contributed by atoms with Gasteiger partial charge < -0.3 is 0 Å². The Kier molecular flexibility index (Phi) is 18.4. The molecule has 344 valence electrons. The summed E-state index contributed by atoms with van der Waals surface area (Å²) in [6.45, 7) is 38.3. The Balaban J connectivity index is 0.000000240. The van der Waals surface area contributed by atoms with Crippen LogP contribution in [0.2, 0.25) is 0 Å². The third-order valence-corrected chi connectivity index (χ3v) is 43.5. The Morgan fingerprint density at radius 1 is 0.273 bits per heavy atom. The number of rotatable bonds is 8. The summed E-state index contributed by atoms with van der Waals surface area (Å²) in [5.74, 6) is 2.20. The Hall–Kier alpha value is -3.14. The zero-order chi connectivity index (χ0) is 46.3. The first-order chi connectivity index (χ1) is 30.5. The van der Waals surface area contributed by atoms with Gasteiger partial charge in [0.15, 0.2) is 0 Å². The van der Waals surface area contributed by atoms with Gasteiger partial charge in [-0.2, -0.15) is 0 Å². The van der Waals surface area contributed by atoms with Crippen LogP contribution < -0.4 is 0 Å². The van der Waals surface area contributed by atoms with Crippen LogP contribution in [-0.2, 0) is 41.9 Å². The van der Waals surface area contributed by atoms with Crippen LogP contribution in [0, 0.1) is 23.7 Å². The molecule has 4 aromatic rings. The van der Waals surface area contributed by atoms with Gasteiger partial charge in [0.05, 0.1) is 0 Å². The van der Waals surface area contributed by atoms with Crippen molar-refractivity contribution in [2.75, 3.05) is 0 Å². The van der Waals surface area contributed by atoms with Crippen molar-refractivity contribution in [2.45, 2.75) is 111 Å². The topological polar surface area (TPSA) is 0 Å². The van der Waals surface area contributed by atoms with Crippen molar-refractivity contribution in [3.8, 4) is 0 Å². The van der Waals surface area contributed by atoms with Crippen molar-refractivity contribution < 1.29 is 41.9 Å². The summed E-state index contributed by atoms with van der Waals surface area (Å²) in [5.41, 5.74) is 24.4. The van der Waals surface area contributed by atoms with E-state index in [9.17, 15) is 0 Å². The molecule has 4 atom stereocenters. The molecule has 4 unspecified atom stereocenters. The van der Waals surface area contributed by atoms with Crippen molar-refractivity contribution in [3.63, 3.8) is 0 Å². The number of hydrogen-bond donors (Lipinski definition) is 0. The molecular formula is C62H74Cl2Hf2. The molecule has 0 nitrogen and oxygen atoms in total. The molecule has 0 fully saturated rings. The van der Waals surface area contributed by atoms with Crippen LogP contribution in [0.5, 0.6) is 0 Å². The van der Waals surface area contributed by atoms with Gasteiger partial charge >= 0.3 is 407 Å². The summed E-state index contributed by atoms with van der Waals surface area (Å²) in [4.78, 5) is 0. The van der Waals surface area contributed by atoms with Gasteiger partial charge in [-0.1, -0.05) is 0 Å². The molecule has 0 aliphatic heterocycles. The zero-order valence-electron chi connectivity index (χ0n) is 42.7. The van der Waals surface area contributed by atoms with Crippen molar-refractivity contribution in [1.82, 2.24) is 0 Å². The zero-order valence-corrected chi connectivity index (χ0v) is 51.5. The SMILES string of the molecule is CC1=C(C)C(C)[C]([Hf]([C]2=C(C)C(C)=C(C)C2C)=[C](c2ccccc2)c2ccccc2)=C1C.CC1=C(C)C(C)[C]([Hf]([C]2=C(C)C(C)=C(C)C2C)=[C](c2ccccc2)c2ccccc2)=C1C.Cl.Cl.